The van der Waals surface area contributed by atoms with Crippen LogP contribution in [0.1, 0.15) is 40.0 Å². The van der Waals surface area contributed by atoms with Crippen molar-refractivity contribution in [3.8, 4) is 0 Å². The van der Waals surface area contributed by atoms with E-state index in [0.717, 1.165) is 16.7 Å². The van der Waals surface area contributed by atoms with Crippen molar-refractivity contribution < 1.29 is 9.18 Å². The Bertz CT molecular complexity index is 684. The van der Waals surface area contributed by atoms with E-state index < -0.39 is 11.7 Å². The second kappa shape index (κ2) is 6.39. The Hall–Kier alpha value is -1.68. The lowest BCUT2D eigenvalue weighted by Crippen LogP contribution is -2.28. The van der Waals surface area contributed by atoms with E-state index in [0.29, 0.717) is 4.47 Å². The predicted molar refractivity (Wildman–Crippen MR) is 85.9 cm³/mol. The van der Waals surface area contributed by atoms with E-state index in [1.165, 1.54) is 12.1 Å². The molecule has 0 aliphatic rings. The molecule has 2 aromatic carbocycles. The first kappa shape index (κ1) is 15.7. The van der Waals surface area contributed by atoms with Crippen molar-refractivity contribution in [1.29, 1.82) is 0 Å². The lowest BCUT2D eigenvalue weighted by atomic mass is 9.99. The van der Waals surface area contributed by atoms with Crippen molar-refractivity contribution >= 4 is 21.8 Å². The molecule has 0 fully saturated rings. The minimum Gasteiger partial charge on any atom is -0.345 e. The monoisotopic (exact) mass is 349 g/mol. The second-order valence-corrected chi connectivity index (χ2v) is 6.10. The maximum atomic E-state index is 13.8. The molecule has 2 nitrogen and oxygen atoms in total. The van der Waals surface area contributed by atoms with E-state index in [-0.39, 0.29) is 11.6 Å². The van der Waals surface area contributed by atoms with Gasteiger partial charge in [-0.2, -0.15) is 0 Å². The van der Waals surface area contributed by atoms with Crippen LogP contribution in [-0.4, -0.2) is 5.91 Å². The van der Waals surface area contributed by atoms with E-state index in [2.05, 4.69) is 21.2 Å². The predicted octanol–water partition coefficient (Wildman–Crippen LogP) is 4.70. The summed E-state index contributed by atoms with van der Waals surface area (Å²) in [6.45, 7) is 5.90. The average Bonchev–Trinajstić information content (AvgIpc) is 2.41. The molecule has 0 aliphatic heterocycles. The molecule has 1 amide bonds. The van der Waals surface area contributed by atoms with Gasteiger partial charge in [-0.15, -0.1) is 0 Å². The zero-order chi connectivity index (χ0) is 15.6. The largest absolute Gasteiger partial charge is 0.345 e. The summed E-state index contributed by atoms with van der Waals surface area (Å²) < 4.78 is 14.4. The topological polar surface area (TPSA) is 29.1 Å². The molecule has 0 aliphatic carbocycles. The van der Waals surface area contributed by atoms with Gasteiger partial charge >= 0.3 is 0 Å². The van der Waals surface area contributed by atoms with Gasteiger partial charge in [0.05, 0.1) is 11.6 Å². The number of hydrogen-bond acceptors (Lipinski definition) is 1. The molecule has 2 aromatic rings. The number of benzene rings is 2. The van der Waals surface area contributed by atoms with Gasteiger partial charge in [0, 0.05) is 4.47 Å². The first-order valence-electron chi connectivity index (χ1n) is 6.71. The summed E-state index contributed by atoms with van der Waals surface area (Å²) in [5.41, 5.74) is 3.33. The van der Waals surface area contributed by atoms with E-state index >= 15 is 0 Å². The van der Waals surface area contributed by atoms with Crippen LogP contribution < -0.4 is 5.32 Å². The van der Waals surface area contributed by atoms with Crippen LogP contribution in [0.5, 0.6) is 0 Å². The Labute approximate surface area is 132 Å². The Morgan fingerprint density at radius 1 is 1.19 bits per heavy atom. The number of amides is 1. The summed E-state index contributed by atoms with van der Waals surface area (Å²) in [6.07, 6.45) is 0. The molecule has 21 heavy (non-hydrogen) atoms. The van der Waals surface area contributed by atoms with Crippen molar-refractivity contribution in [3.05, 3.63) is 68.9 Å². The maximum absolute atomic E-state index is 13.8. The molecule has 0 saturated heterocycles. The molecular weight excluding hydrogens is 333 g/mol. The van der Waals surface area contributed by atoms with Gasteiger partial charge in [0.2, 0.25) is 0 Å². The van der Waals surface area contributed by atoms with Gasteiger partial charge < -0.3 is 5.32 Å². The van der Waals surface area contributed by atoms with Gasteiger partial charge in [-0.05, 0) is 50.1 Å². The van der Waals surface area contributed by atoms with Gasteiger partial charge in [0.15, 0.2) is 0 Å². The zero-order valence-corrected chi connectivity index (χ0v) is 13.8. The number of nitrogens with one attached hydrogen (secondary N) is 1. The van der Waals surface area contributed by atoms with Crippen LogP contribution in [-0.2, 0) is 0 Å². The van der Waals surface area contributed by atoms with Crippen LogP contribution in [0.25, 0.3) is 0 Å². The third-order valence-corrected chi connectivity index (χ3v) is 3.92. The van der Waals surface area contributed by atoms with Crippen LogP contribution in [0.2, 0.25) is 0 Å². The number of rotatable bonds is 3. The summed E-state index contributed by atoms with van der Waals surface area (Å²) in [5, 5.41) is 2.85. The Kier molecular flexibility index (Phi) is 4.78. The molecule has 0 aromatic heterocycles. The van der Waals surface area contributed by atoms with Gasteiger partial charge in [-0.1, -0.05) is 39.7 Å². The molecule has 1 unspecified atom stereocenters. The van der Waals surface area contributed by atoms with Gasteiger partial charge in [0.1, 0.15) is 5.82 Å². The number of carbonyl (C=O) groups is 1. The highest BCUT2D eigenvalue weighted by molar-refractivity contribution is 9.10. The van der Waals surface area contributed by atoms with E-state index in [4.69, 9.17) is 0 Å². The summed E-state index contributed by atoms with van der Waals surface area (Å²) in [5.74, 6) is -0.941. The highest BCUT2D eigenvalue weighted by Gasteiger charge is 2.16. The van der Waals surface area contributed by atoms with Crippen molar-refractivity contribution in [2.45, 2.75) is 26.8 Å². The van der Waals surface area contributed by atoms with Crippen LogP contribution in [0.3, 0.4) is 0 Å². The first-order chi connectivity index (χ1) is 9.88. The van der Waals surface area contributed by atoms with Crippen LogP contribution in [0.4, 0.5) is 4.39 Å². The van der Waals surface area contributed by atoms with Crippen molar-refractivity contribution in [2.75, 3.05) is 0 Å². The van der Waals surface area contributed by atoms with Gasteiger partial charge in [-0.3, -0.25) is 4.79 Å². The fraction of sp³-hybridized carbons (Fsp3) is 0.235. The normalized spacial score (nSPS) is 12.0. The average molecular weight is 350 g/mol. The van der Waals surface area contributed by atoms with E-state index in [1.807, 2.05) is 39.0 Å². The van der Waals surface area contributed by atoms with Crippen molar-refractivity contribution in [1.82, 2.24) is 5.32 Å². The quantitative estimate of drug-likeness (QED) is 0.855. The van der Waals surface area contributed by atoms with Crippen molar-refractivity contribution in [3.63, 3.8) is 0 Å². The lowest BCUT2D eigenvalue weighted by molar-refractivity contribution is 0.0935. The Morgan fingerprint density at radius 3 is 2.57 bits per heavy atom. The summed E-state index contributed by atoms with van der Waals surface area (Å²) in [4.78, 5) is 12.2. The smallest absolute Gasteiger partial charge is 0.254 e. The molecule has 0 bridgehead atoms. The maximum Gasteiger partial charge on any atom is 0.254 e. The van der Waals surface area contributed by atoms with Gasteiger partial charge in [-0.25, -0.2) is 4.39 Å². The third kappa shape index (κ3) is 3.70. The number of halogens is 2. The molecule has 0 heterocycles. The fourth-order valence-corrected chi connectivity index (χ4v) is 2.59. The highest BCUT2D eigenvalue weighted by atomic mass is 79.9. The molecule has 0 spiro atoms. The minimum atomic E-state index is -0.532. The Balaban J connectivity index is 2.20. The van der Waals surface area contributed by atoms with Crippen LogP contribution >= 0.6 is 15.9 Å². The van der Waals surface area contributed by atoms with Crippen molar-refractivity contribution in [2.24, 2.45) is 0 Å². The standard InChI is InChI=1S/C17H17BrFNO/c1-10-4-5-11(2)15(8-10)12(3)20-17(21)14-7-6-13(18)9-16(14)19/h4-9,12H,1-3H3,(H,20,21). The second-order valence-electron chi connectivity index (χ2n) is 5.18. The highest BCUT2D eigenvalue weighted by Crippen LogP contribution is 2.20. The van der Waals surface area contributed by atoms with Crippen LogP contribution in [0.15, 0.2) is 40.9 Å². The molecule has 2 rings (SSSR count). The molecule has 4 heteroatoms. The molecule has 0 radical (unpaired) electrons. The first-order valence-corrected chi connectivity index (χ1v) is 7.51. The molecule has 1 atom stereocenters. The molecule has 110 valence electrons. The van der Waals surface area contributed by atoms with Crippen LogP contribution in [0, 0.1) is 19.7 Å². The van der Waals surface area contributed by atoms with E-state index in [1.54, 1.807) is 6.07 Å². The third-order valence-electron chi connectivity index (χ3n) is 3.42. The summed E-state index contributed by atoms with van der Waals surface area (Å²) in [7, 11) is 0. The Morgan fingerprint density at radius 2 is 1.90 bits per heavy atom. The number of carbonyl (C=O) groups excluding carboxylic acids is 1. The SMILES string of the molecule is Cc1ccc(C)c(C(C)NC(=O)c2ccc(Br)cc2F)c1. The zero-order valence-electron chi connectivity index (χ0n) is 12.2. The van der Waals surface area contributed by atoms with E-state index in [9.17, 15) is 9.18 Å². The summed E-state index contributed by atoms with van der Waals surface area (Å²) >= 11 is 3.18. The molecular formula is C17H17BrFNO. The number of hydrogen-bond donors (Lipinski definition) is 1. The summed E-state index contributed by atoms with van der Waals surface area (Å²) in [6, 6.07) is 10.3. The van der Waals surface area contributed by atoms with Gasteiger partial charge in [0.25, 0.3) is 5.91 Å². The molecule has 0 saturated carbocycles. The number of aryl methyl sites for hydroxylation is 2. The molecule has 1 N–H and O–H groups in total. The minimum absolute atomic E-state index is 0.0513. The lowest BCUT2D eigenvalue weighted by Gasteiger charge is -2.17. The fourth-order valence-electron chi connectivity index (χ4n) is 2.25.